The van der Waals surface area contributed by atoms with Gasteiger partial charge in [0, 0.05) is 0 Å². The Morgan fingerprint density at radius 3 is 1.15 bits per heavy atom. The molecule has 0 aromatic rings. The molecule has 0 aliphatic heterocycles. The Morgan fingerprint density at radius 1 is 0.500 bits per heavy atom. The van der Waals surface area contributed by atoms with E-state index in [1.807, 2.05) is 0 Å². The van der Waals surface area contributed by atoms with Gasteiger partial charge >= 0.3 is 39.0 Å². The first-order valence-corrected chi connectivity index (χ1v) is 10.8. The van der Waals surface area contributed by atoms with Crippen LogP contribution in [0.25, 0.3) is 0 Å². The van der Waals surface area contributed by atoms with Gasteiger partial charge in [0.2, 0.25) is 0 Å². The van der Waals surface area contributed by atoms with Crippen molar-refractivity contribution < 1.29 is 39.0 Å². The molecule has 3 saturated carbocycles. The Labute approximate surface area is 192 Å². The van der Waals surface area contributed by atoms with Crippen LogP contribution in [0.3, 0.4) is 0 Å². The molecule has 0 saturated heterocycles. The van der Waals surface area contributed by atoms with Crippen molar-refractivity contribution in [1.82, 2.24) is 0 Å². The molecule has 0 aromatic heterocycles. The van der Waals surface area contributed by atoms with E-state index in [1.54, 1.807) is 11.8 Å². The molecule has 3 fully saturated rings. The second-order valence-corrected chi connectivity index (χ2v) is 8.56. The van der Waals surface area contributed by atoms with Crippen molar-refractivity contribution in [3.63, 3.8) is 0 Å². The van der Waals surface area contributed by atoms with Crippen LogP contribution in [0.1, 0.15) is 118 Å². The number of hydrogen-bond donors (Lipinski definition) is 0. The Kier molecular flexibility index (Phi) is 22.2. The maximum Gasteiger partial charge on any atom is 2.00 e. The van der Waals surface area contributed by atoms with E-state index in [2.05, 4.69) is 40.5 Å². The minimum atomic E-state index is 0. The molecule has 3 aliphatic carbocycles. The van der Waals surface area contributed by atoms with Crippen LogP contribution in [0.15, 0.2) is 0 Å². The summed E-state index contributed by atoms with van der Waals surface area (Å²) < 4.78 is 0. The van der Waals surface area contributed by atoms with Crippen LogP contribution < -0.4 is 0 Å². The molecule has 3 rings (SSSR count). The van der Waals surface area contributed by atoms with Crippen molar-refractivity contribution in [2.24, 2.45) is 11.8 Å². The summed E-state index contributed by atoms with van der Waals surface area (Å²) in [7, 11) is 0. The number of hydrogen-bond acceptors (Lipinski definition) is 0. The zero-order valence-corrected chi connectivity index (χ0v) is 24.6. The van der Waals surface area contributed by atoms with Crippen LogP contribution >= 0.6 is 0 Å². The average Bonchev–Trinajstić information content (AvgIpc) is 2.65. The van der Waals surface area contributed by atoms with Gasteiger partial charge in [-0.15, -0.1) is 12.8 Å². The molecule has 0 amide bonds. The summed E-state index contributed by atoms with van der Waals surface area (Å²) >= 11 is 0. The summed E-state index contributed by atoms with van der Waals surface area (Å²) in [5.74, 6) is 5.19. The van der Waals surface area contributed by atoms with Gasteiger partial charge in [-0.25, -0.2) is 0 Å². The van der Waals surface area contributed by atoms with Crippen LogP contribution in [-0.2, 0) is 39.0 Å². The first kappa shape index (κ1) is 29.4. The molecule has 0 nitrogen and oxygen atoms in total. The Balaban J connectivity index is 0. The molecular formula is C24H44Zn2. The Bertz CT molecular complexity index is 226. The van der Waals surface area contributed by atoms with E-state index in [0.29, 0.717) is 0 Å². The van der Waals surface area contributed by atoms with E-state index in [1.165, 1.54) is 89.9 Å². The molecule has 0 N–H and O–H groups in total. The zero-order chi connectivity index (χ0) is 17.6. The van der Waals surface area contributed by atoms with Crippen LogP contribution in [0, 0.1) is 36.5 Å². The third-order valence-electron chi connectivity index (χ3n) is 5.99. The summed E-state index contributed by atoms with van der Waals surface area (Å²) in [6.07, 6.45) is 24.7. The minimum absolute atomic E-state index is 0. The molecule has 0 unspecified atom stereocenters. The van der Waals surface area contributed by atoms with E-state index in [9.17, 15) is 0 Å². The van der Waals surface area contributed by atoms with Crippen LogP contribution in [0.4, 0.5) is 0 Å². The second kappa shape index (κ2) is 19.6. The van der Waals surface area contributed by atoms with E-state index >= 15 is 0 Å². The first-order chi connectivity index (χ1) is 11.6. The van der Waals surface area contributed by atoms with Crippen molar-refractivity contribution in [2.75, 3.05) is 0 Å². The van der Waals surface area contributed by atoms with E-state index in [-0.39, 0.29) is 39.0 Å². The summed E-state index contributed by atoms with van der Waals surface area (Å²) in [4.78, 5) is 0. The fourth-order valence-corrected chi connectivity index (χ4v) is 4.08. The smallest absolute Gasteiger partial charge is 0.329 e. The molecule has 0 heterocycles. The van der Waals surface area contributed by atoms with E-state index in [0.717, 1.165) is 11.8 Å². The summed E-state index contributed by atoms with van der Waals surface area (Å²) in [5.41, 5.74) is 0. The second-order valence-electron chi connectivity index (χ2n) is 8.56. The third kappa shape index (κ3) is 15.2. The molecule has 0 bridgehead atoms. The van der Waals surface area contributed by atoms with Gasteiger partial charge in [-0.3, -0.25) is 0 Å². The monoisotopic (exact) mass is 460 g/mol. The number of rotatable bonds is 2. The Morgan fingerprint density at radius 2 is 0.885 bits per heavy atom. The van der Waals surface area contributed by atoms with E-state index in [4.69, 9.17) is 0 Å². The van der Waals surface area contributed by atoms with Crippen LogP contribution in [-0.4, -0.2) is 0 Å². The summed E-state index contributed by atoms with van der Waals surface area (Å²) in [6, 6.07) is 0. The molecule has 144 valence electrons. The van der Waals surface area contributed by atoms with Gasteiger partial charge in [-0.05, 0) is 0 Å². The van der Waals surface area contributed by atoms with Gasteiger partial charge in [0.25, 0.3) is 0 Å². The molecule has 26 heavy (non-hydrogen) atoms. The summed E-state index contributed by atoms with van der Waals surface area (Å²) in [5, 5.41) is 0. The van der Waals surface area contributed by atoms with Gasteiger partial charge in [0.1, 0.15) is 0 Å². The van der Waals surface area contributed by atoms with E-state index < -0.39 is 0 Å². The Hall–Kier alpha value is 1.25. The molecule has 0 atom stereocenters. The van der Waals surface area contributed by atoms with Crippen molar-refractivity contribution in [3.8, 4) is 0 Å². The van der Waals surface area contributed by atoms with Crippen molar-refractivity contribution in [2.45, 2.75) is 118 Å². The SMILES string of the molecule is C[C-](C)C1CCCCC1.C[C-](C)C1CC[CH-]CC1.[CH-]1CCCCC1.[Zn+2].[Zn+2]. The standard InChI is InChI=1S/C9H17.C9H16.C6H11.2Zn/c2*1-8(2)9-6-4-3-5-7-9;1-2-4-6-5-3-1;;/h9H,3-7H2,1-2H3;3,9H,4-7H2,1-2H3;1H,2-6H2;;/q-1;-2;-1;2*+2. The first-order valence-electron chi connectivity index (χ1n) is 10.8. The van der Waals surface area contributed by atoms with Gasteiger partial charge in [-0.2, -0.15) is 65.2 Å². The molecule has 0 radical (unpaired) electrons. The maximum absolute atomic E-state index is 2.42. The molecule has 0 aromatic carbocycles. The van der Waals surface area contributed by atoms with Crippen molar-refractivity contribution >= 4 is 0 Å². The van der Waals surface area contributed by atoms with Gasteiger partial charge in [0.05, 0.1) is 0 Å². The molecule has 2 heteroatoms. The molecular weight excluding hydrogens is 419 g/mol. The third-order valence-corrected chi connectivity index (χ3v) is 5.99. The largest absolute Gasteiger partial charge is 2.00 e. The average molecular weight is 463 g/mol. The zero-order valence-electron chi connectivity index (χ0n) is 18.6. The fourth-order valence-electron chi connectivity index (χ4n) is 4.08. The fraction of sp³-hybridized carbons (Fsp3) is 0.833. The van der Waals surface area contributed by atoms with Crippen molar-refractivity contribution in [1.29, 1.82) is 0 Å². The normalized spacial score (nSPS) is 21.5. The molecule has 3 aliphatic rings. The van der Waals surface area contributed by atoms with Gasteiger partial charge in [-0.1, -0.05) is 51.4 Å². The quantitative estimate of drug-likeness (QED) is 0.285. The van der Waals surface area contributed by atoms with Gasteiger partial charge < -0.3 is 24.7 Å². The van der Waals surface area contributed by atoms with Crippen LogP contribution in [0.2, 0.25) is 0 Å². The van der Waals surface area contributed by atoms with Crippen LogP contribution in [0.5, 0.6) is 0 Å². The summed E-state index contributed by atoms with van der Waals surface area (Å²) in [6.45, 7) is 9.07. The predicted octanol–water partition coefficient (Wildman–Crippen LogP) is 8.33. The molecule has 0 spiro atoms. The van der Waals surface area contributed by atoms with Gasteiger partial charge in [0.15, 0.2) is 0 Å². The predicted molar refractivity (Wildman–Crippen MR) is 109 cm³/mol. The van der Waals surface area contributed by atoms with Crippen molar-refractivity contribution in [3.05, 3.63) is 24.7 Å². The topological polar surface area (TPSA) is 0 Å². The maximum atomic E-state index is 2.42. The minimum Gasteiger partial charge on any atom is -0.329 e.